The lowest BCUT2D eigenvalue weighted by molar-refractivity contribution is -0.293. The summed E-state index contributed by atoms with van der Waals surface area (Å²) < 4.78 is 1.82. The molecule has 0 aliphatic rings. The Hall–Kier alpha value is -2.88. The number of fused-ring (bicyclic) bond motifs is 1. The van der Waals surface area contributed by atoms with Crippen molar-refractivity contribution in [2.45, 2.75) is 52.5 Å². The van der Waals surface area contributed by atoms with Gasteiger partial charge in [-0.25, -0.2) is 0 Å². The van der Waals surface area contributed by atoms with Gasteiger partial charge in [0, 0.05) is 24.1 Å². The number of nitrogens with zero attached hydrogens (tertiary/aromatic N) is 5. The highest BCUT2D eigenvalue weighted by Crippen LogP contribution is 2.25. The number of hydrogen-bond acceptors (Lipinski definition) is 5. The van der Waals surface area contributed by atoms with Crippen molar-refractivity contribution >= 4 is 22.8 Å². The minimum Gasteiger partial charge on any atom is -0.366 e. The van der Waals surface area contributed by atoms with E-state index in [1.165, 1.54) is 0 Å². The molecule has 0 aliphatic carbocycles. The summed E-state index contributed by atoms with van der Waals surface area (Å²) in [6.45, 7) is 8.52. The SMILES string of the molecule is CCC(CC)Nc1cc(Nc2cc#[n+]cc2)c2nnc(C(C)C)n2n1. The van der Waals surface area contributed by atoms with Crippen LogP contribution in [0.5, 0.6) is 0 Å². The van der Waals surface area contributed by atoms with Crippen LogP contribution in [-0.4, -0.2) is 25.9 Å². The third-order valence-corrected chi connectivity index (χ3v) is 4.15. The Morgan fingerprint density at radius 2 is 2.04 bits per heavy atom. The van der Waals surface area contributed by atoms with E-state index >= 15 is 0 Å². The predicted molar refractivity (Wildman–Crippen MR) is 97.0 cm³/mol. The maximum absolute atomic E-state index is 4.71. The van der Waals surface area contributed by atoms with Gasteiger partial charge in [0.2, 0.25) is 5.65 Å². The fourth-order valence-corrected chi connectivity index (χ4v) is 2.67. The van der Waals surface area contributed by atoms with Crippen LogP contribution in [0.1, 0.15) is 52.3 Å². The molecular weight excluding hydrogens is 314 g/mol. The van der Waals surface area contributed by atoms with Gasteiger partial charge in [-0.1, -0.05) is 27.7 Å². The van der Waals surface area contributed by atoms with Gasteiger partial charge >= 0.3 is 12.4 Å². The predicted octanol–water partition coefficient (Wildman–Crippen LogP) is 2.99. The van der Waals surface area contributed by atoms with Crippen LogP contribution in [0.25, 0.3) is 5.65 Å². The minimum absolute atomic E-state index is 0.230. The van der Waals surface area contributed by atoms with E-state index in [9.17, 15) is 0 Å². The van der Waals surface area contributed by atoms with Gasteiger partial charge in [-0.05, 0) is 17.8 Å². The first kappa shape index (κ1) is 17.0. The van der Waals surface area contributed by atoms with Gasteiger partial charge in [-0.2, -0.15) is 4.52 Å². The molecule has 3 aromatic heterocycles. The minimum atomic E-state index is 0.230. The van der Waals surface area contributed by atoms with Crippen LogP contribution in [-0.2, 0) is 0 Å². The molecule has 3 rings (SSSR count). The number of nitrogens with one attached hydrogen (secondary N) is 2. The Labute approximate surface area is 147 Å². The average molecular weight is 338 g/mol. The van der Waals surface area contributed by atoms with Crippen molar-refractivity contribution in [3.05, 3.63) is 36.4 Å². The smallest absolute Gasteiger partial charge is 0.313 e. The first-order valence-corrected chi connectivity index (χ1v) is 8.74. The number of rotatable bonds is 7. The summed E-state index contributed by atoms with van der Waals surface area (Å²) >= 11 is 0. The van der Waals surface area contributed by atoms with Crippen molar-refractivity contribution in [1.82, 2.24) is 19.8 Å². The van der Waals surface area contributed by atoms with E-state index in [1.807, 2.05) is 16.6 Å². The number of aromatic nitrogens is 5. The molecule has 3 aromatic rings. The van der Waals surface area contributed by atoms with Gasteiger partial charge in [0.05, 0.1) is 17.4 Å². The largest absolute Gasteiger partial charge is 0.366 e. The molecule has 2 N–H and O–H groups in total. The van der Waals surface area contributed by atoms with Gasteiger partial charge < -0.3 is 10.6 Å². The fraction of sp³-hybridized carbons (Fsp3) is 0.444. The van der Waals surface area contributed by atoms with E-state index in [4.69, 9.17) is 5.10 Å². The highest BCUT2D eigenvalue weighted by molar-refractivity contribution is 5.75. The van der Waals surface area contributed by atoms with E-state index < -0.39 is 0 Å². The van der Waals surface area contributed by atoms with Crippen LogP contribution in [0.15, 0.2) is 24.4 Å². The Morgan fingerprint density at radius 3 is 2.68 bits per heavy atom. The topological polar surface area (TPSA) is 81.2 Å². The zero-order valence-corrected chi connectivity index (χ0v) is 15.1. The van der Waals surface area contributed by atoms with Crippen molar-refractivity contribution in [3.63, 3.8) is 0 Å². The Morgan fingerprint density at radius 1 is 1.24 bits per heavy atom. The van der Waals surface area contributed by atoms with Crippen molar-refractivity contribution in [1.29, 1.82) is 0 Å². The Balaban J connectivity index is 2.06. The fourth-order valence-electron chi connectivity index (χ4n) is 2.67. The van der Waals surface area contributed by atoms with Crippen molar-refractivity contribution < 1.29 is 4.98 Å². The summed E-state index contributed by atoms with van der Waals surface area (Å²) in [6.07, 6.45) is 6.61. The quantitative estimate of drug-likeness (QED) is 0.689. The number of hydrogen-bond donors (Lipinski definition) is 2. The van der Waals surface area contributed by atoms with Gasteiger partial charge in [0.1, 0.15) is 5.82 Å². The molecule has 0 aliphatic heterocycles. The van der Waals surface area contributed by atoms with Crippen molar-refractivity contribution in [2.75, 3.05) is 10.6 Å². The lowest BCUT2D eigenvalue weighted by Crippen LogP contribution is -2.19. The molecule has 0 aromatic carbocycles. The summed E-state index contributed by atoms with van der Waals surface area (Å²) in [5.41, 5.74) is 2.45. The molecule has 0 spiro atoms. The lowest BCUT2D eigenvalue weighted by Gasteiger charge is -2.17. The molecular formula is C18H24N7+. The molecule has 25 heavy (non-hydrogen) atoms. The molecule has 0 amide bonds. The first-order valence-electron chi connectivity index (χ1n) is 8.74. The molecule has 0 atom stereocenters. The van der Waals surface area contributed by atoms with Crippen molar-refractivity contribution in [2.24, 2.45) is 0 Å². The van der Waals surface area contributed by atoms with Gasteiger partial charge in [-0.15, -0.1) is 15.3 Å². The highest BCUT2D eigenvalue weighted by atomic mass is 15.4. The van der Waals surface area contributed by atoms with Crippen LogP contribution in [0.2, 0.25) is 0 Å². The van der Waals surface area contributed by atoms with Gasteiger partial charge in [0.15, 0.2) is 5.82 Å². The molecule has 0 fully saturated rings. The molecule has 0 saturated heterocycles. The standard InChI is InChI=1S/C18H23N7/c1-5-13(6-2)21-16-11-15(20-14-7-9-19-10-8-14)18-23-22-17(12(3)4)25(18)24-16/h7-9,11-13H,5-6H2,1-4H3,(H,21,24)/p+1. The van der Waals surface area contributed by atoms with Crippen LogP contribution >= 0.6 is 0 Å². The summed E-state index contributed by atoms with van der Waals surface area (Å²) in [6, 6.07) is 6.05. The van der Waals surface area contributed by atoms with E-state index in [0.717, 1.165) is 35.9 Å². The summed E-state index contributed by atoms with van der Waals surface area (Å²) in [4.78, 5) is 3.93. The molecule has 7 heteroatoms. The molecule has 130 valence electrons. The maximum atomic E-state index is 4.71. The molecule has 7 nitrogen and oxygen atoms in total. The van der Waals surface area contributed by atoms with Crippen LogP contribution in [0, 0.1) is 6.20 Å². The normalized spacial score (nSPS) is 11.1. The van der Waals surface area contributed by atoms with Crippen LogP contribution in [0.3, 0.4) is 0 Å². The third kappa shape index (κ3) is 3.63. The third-order valence-electron chi connectivity index (χ3n) is 4.15. The Bertz CT molecular complexity index is 822. The monoisotopic (exact) mass is 338 g/mol. The first-order chi connectivity index (χ1) is 12.1. The second kappa shape index (κ2) is 7.34. The highest BCUT2D eigenvalue weighted by Gasteiger charge is 2.16. The van der Waals surface area contributed by atoms with E-state index in [1.54, 1.807) is 12.3 Å². The zero-order chi connectivity index (χ0) is 17.8. The molecule has 3 heterocycles. The molecule has 0 saturated carbocycles. The number of anilines is 3. The van der Waals surface area contributed by atoms with E-state index in [0.29, 0.717) is 11.7 Å². The van der Waals surface area contributed by atoms with Gasteiger partial charge in [0.25, 0.3) is 0 Å². The average Bonchev–Trinajstić information content (AvgIpc) is 3.05. The van der Waals surface area contributed by atoms with Crippen molar-refractivity contribution in [3.8, 4) is 0 Å². The second-order valence-electron chi connectivity index (χ2n) is 6.35. The lowest BCUT2D eigenvalue weighted by atomic mass is 10.2. The molecule has 0 bridgehead atoms. The Kier molecular flexibility index (Phi) is 4.98. The van der Waals surface area contributed by atoms with Crippen LogP contribution in [0.4, 0.5) is 17.2 Å². The second-order valence-corrected chi connectivity index (χ2v) is 6.35. The summed E-state index contributed by atoms with van der Waals surface area (Å²) in [7, 11) is 0. The van der Waals surface area contributed by atoms with E-state index in [2.05, 4.69) is 59.7 Å². The molecule has 0 radical (unpaired) electrons. The summed E-state index contributed by atoms with van der Waals surface area (Å²) in [5.74, 6) is 1.88. The molecule has 0 unspecified atom stereocenters. The van der Waals surface area contributed by atoms with Gasteiger partial charge in [-0.3, -0.25) is 0 Å². The van der Waals surface area contributed by atoms with Crippen LogP contribution < -0.4 is 15.6 Å². The maximum Gasteiger partial charge on any atom is 0.313 e. The zero-order valence-electron chi connectivity index (χ0n) is 15.1. The summed E-state index contributed by atoms with van der Waals surface area (Å²) in [5, 5.41) is 20.2. The van der Waals surface area contributed by atoms with E-state index in [-0.39, 0.29) is 5.92 Å².